The second-order valence-electron chi connectivity index (χ2n) is 7.31. The lowest BCUT2D eigenvalue weighted by Gasteiger charge is -2.37. The van der Waals surface area contributed by atoms with Crippen LogP contribution in [0.25, 0.3) is 0 Å². The number of rotatable bonds is 4. The van der Waals surface area contributed by atoms with E-state index in [9.17, 15) is 4.79 Å². The second kappa shape index (κ2) is 7.07. The van der Waals surface area contributed by atoms with Crippen LogP contribution in [-0.2, 0) is 9.53 Å². The van der Waals surface area contributed by atoms with E-state index < -0.39 is 5.54 Å². The number of likely N-dealkylation sites (tertiary alicyclic amines) is 1. The summed E-state index contributed by atoms with van der Waals surface area (Å²) >= 11 is 0. The number of hydrogen-bond acceptors (Lipinski definition) is 4. The van der Waals surface area contributed by atoms with Crippen molar-refractivity contribution >= 4 is 5.91 Å². The van der Waals surface area contributed by atoms with Crippen molar-refractivity contribution in [2.24, 2.45) is 17.6 Å². The molecule has 0 bridgehead atoms. The third-order valence-electron chi connectivity index (χ3n) is 4.69. The average Bonchev–Trinajstić information content (AvgIpc) is 2.37. The van der Waals surface area contributed by atoms with Crippen LogP contribution in [0.15, 0.2) is 0 Å². The molecule has 0 aromatic heterocycles. The smallest absolute Gasteiger partial charge is 0.240 e. The summed E-state index contributed by atoms with van der Waals surface area (Å²) in [6, 6.07) is 0.137. The van der Waals surface area contributed by atoms with E-state index >= 15 is 0 Å². The molecule has 1 amide bonds. The molecule has 21 heavy (non-hydrogen) atoms. The maximum absolute atomic E-state index is 12.4. The molecule has 0 radical (unpaired) electrons. The van der Waals surface area contributed by atoms with Gasteiger partial charge >= 0.3 is 0 Å². The van der Waals surface area contributed by atoms with Crippen LogP contribution in [0.1, 0.15) is 40.0 Å². The highest BCUT2D eigenvalue weighted by Gasteiger charge is 2.36. The monoisotopic (exact) mass is 297 g/mol. The molecule has 2 saturated heterocycles. The first-order chi connectivity index (χ1) is 9.89. The Balaban J connectivity index is 1.80. The van der Waals surface area contributed by atoms with Gasteiger partial charge in [-0.2, -0.15) is 0 Å². The highest BCUT2D eigenvalue weighted by atomic mass is 16.5. The Morgan fingerprint density at radius 1 is 1.33 bits per heavy atom. The summed E-state index contributed by atoms with van der Waals surface area (Å²) in [5.41, 5.74) is 5.48. The highest BCUT2D eigenvalue weighted by molar-refractivity contribution is 5.86. The van der Waals surface area contributed by atoms with E-state index in [0.29, 0.717) is 26.1 Å². The SMILES string of the molecule is CC1CC(C)CN(CC(C)NC(=O)C2(N)CCOCC2)C1. The van der Waals surface area contributed by atoms with Crippen molar-refractivity contribution in [2.75, 3.05) is 32.8 Å². The molecule has 2 fully saturated rings. The molecule has 0 saturated carbocycles. The zero-order chi connectivity index (χ0) is 15.5. The van der Waals surface area contributed by atoms with Crippen LogP contribution >= 0.6 is 0 Å². The lowest BCUT2D eigenvalue weighted by molar-refractivity contribution is -0.130. The molecule has 3 atom stereocenters. The molecule has 5 heteroatoms. The Kier molecular flexibility index (Phi) is 5.63. The summed E-state index contributed by atoms with van der Waals surface area (Å²) in [7, 11) is 0. The first kappa shape index (κ1) is 16.7. The van der Waals surface area contributed by atoms with Crippen molar-refractivity contribution in [2.45, 2.75) is 51.6 Å². The number of carbonyl (C=O) groups excluding carboxylic acids is 1. The average molecular weight is 297 g/mol. The molecule has 3 N–H and O–H groups in total. The van der Waals surface area contributed by atoms with Gasteiger partial charge in [-0.05, 0) is 38.0 Å². The quantitative estimate of drug-likeness (QED) is 0.811. The number of ether oxygens (including phenoxy) is 1. The Labute approximate surface area is 128 Å². The fourth-order valence-electron chi connectivity index (χ4n) is 3.70. The van der Waals surface area contributed by atoms with Gasteiger partial charge in [-0.1, -0.05) is 13.8 Å². The number of piperidine rings is 1. The largest absolute Gasteiger partial charge is 0.381 e. The lowest BCUT2D eigenvalue weighted by Crippen LogP contribution is -2.59. The Morgan fingerprint density at radius 3 is 2.48 bits per heavy atom. The van der Waals surface area contributed by atoms with Gasteiger partial charge in [0.05, 0.1) is 5.54 Å². The number of carbonyl (C=O) groups is 1. The molecule has 0 spiro atoms. The number of nitrogens with zero attached hydrogens (tertiary/aromatic N) is 1. The highest BCUT2D eigenvalue weighted by Crippen LogP contribution is 2.21. The van der Waals surface area contributed by atoms with Gasteiger partial charge in [0.25, 0.3) is 0 Å². The van der Waals surface area contributed by atoms with Crippen LogP contribution in [0.4, 0.5) is 0 Å². The van der Waals surface area contributed by atoms with E-state index in [1.54, 1.807) is 0 Å². The minimum Gasteiger partial charge on any atom is -0.381 e. The predicted molar refractivity (Wildman–Crippen MR) is 84.0 cm³/mol. The first-order valence-corrected chi connectivity index (χ1v) is 8.29. The van der Waals surface area contributed by atoms with Crippen LogP contribution < -0.4 is 11.1 Å². The van der Waals surface area contributed by atoms with E-state index in [4.69, 9.17) is 10.5 Å². The Morgan fingerprint density at radius 2 is 1.90 bits per heavy atom. The number of nitrogens with two attached hydrogens (primary N) is 1. The Bertz CT molecular complexity index is 345. The van der Waals surface area contributed by atoms with E-state index in [1.807, 2.05) is 0 Å². The summed E-state index contributed by atoms with van der Waals surface area (Å²) in [4.78, 5) is 14.9. The fourth-order valence-corrected chi connectivity index (χ4v) is 3.70. The van der Waals surface area contributed by atoms with Gasteiger partial charge in [0.2, 0.25) is 5.91 Å². The zero-order valence-electron chi connectivity index (χ0n) is 13.7. The van der Waals surface area contributed by atoms with Crippen LogP contribution in [0.2, 0.25) is 0 Å². The van der Waals surface area contributed by atoms with Crippen molar-refractivity contribution in [3.63, 3.8) is 0 Å². The standard InChI is InChI=1S/C16H31N3O2/c1-12-8-13(2)10-19(9-12)11-14(3)18-15(20)16(17)4-6-21-7-5-16/h12-14H,4-11,17H2,1-3H3,(H,18,20). The van der Waals surface area contributed by atoms with Crippen LogP contribution in [0.3, 0.4) is 0 Å². The summed E-state index contributed by atoms with van der Waals surface area (Å²) < 4.78 is 5.30. The summed E-state index contributed by atoms with van der Waals surface area (Å²) in [5, 5.41) is 3.11. The normalized spacial score (nSPS) is 31.6. The van der Waals surface area contributed by atoms with Gasteiger partial charge in [0.15, 0.2) is 0 Å². The molecule has 0 aromatic rings. The summed E-state index contributed by atoms with van der Waals surface area (Å²) in [6.07, 6.45) is 2.54. The molecule has 2 aliphatic rings. The molecule has 2 aliphatic heterocycles. The molecular weight excluding hydrogens is 266 g/mol. The number of hydrogen-bond donors (Lipinski definition) is 2. The second-order valence-corrected chi connectivity index (χ2v) is 7.31. The molecular formula is C16H31N3O2. The predicted octanol–water partition coefficient (Wildman–Crippen LogP) is 0.977. The molecule has 0 aromatic carbocycles. The lowest BCUT2D eigenvalue weighted by atomic mass is 9.90. The summed E-state index contributed by atoms with van der Waals surface area (Å²) in [6.45, 7) is 11.0. The number of nitrogens with one attached hydrogen (secondary N) is 1. The van der Waals surface area contributed by atoms with Crippen LogP contribution in [0, 0.1) is 11.8 Å². The topological polar surface area (TPSA) is 67.6 Å². The van der Waals surface area contributed by atoms with E-state index in [2.05, 4.69) is 31.0 Å². The molecule has 2 heterocycles. The molecule has 2 rings (SSSR count). The first-order valence-electron chi connectivity index (χ1n) is 8.29. The molecule has 5 nitrogen and oxygen atoms in total. The fraction of sp³-hybridized carbons (Fsp3) is 0.938. The maximum atomic E-state index is 12.4. The van der Waals surface area contributed by atoms with Gasteiger partial charge in [0.1, 0.15) is 0 Å². The van der Waals surface area contributed by atoms with E-state index in [0.717, 1.165) is 31.5 Å². The zero-order valence-corrected chi connectivity index (χ0v) is 13.7. The molecule has 3 unspecified atom stereocenters. The van der Waals surface area contributed by atoms with Gasteiger partial charge in [-0.3, -0.25) is 4.79 Å². The van der Waals surface area contributed by atoms with Crippen molar-refractivity contribution in [3.05, 3.63) is 0 Å². The third kappa shape index (κ3) is 4.66. The van der Waals surface area contributed by atoms with Crippen molar-refractivity contribution in [1.29, 1.82) is 0 Å². The van der Waals surface area contributed by atoms with Crippen molar-refractivity contribution in [3.8, 4) is 0 Å². The Hall–Kier alpha value is -0.650. The van der Waals surface area contributed by atoms with Crippen molar-refractivity contribution in [1.82, 2.24) is 10.2 Å². The minimum atomic E-state index is -0.741. The molecule has 122 valence electrons. The van der Waals surface area contributed by atoms with Crippen LogP contribution in [0.5, 0.6) is 0 Å². The van der Waals surface area contributed by atoms with E-state index in [-0.39, 0.29) is 11.9 Å². The van der Waals surface area contributed by atoms with Crippen molar-refractivity contribution < 1.29 is 9.53 Å². The van der Waals surface area contributed by atoms with Gasteiger partial charge in [0, 0.05) is 38.9 Å². The minimum absolute atomic E-state index is 0.0172. The van der Waals surface area contributed by atoms with Crippen LogP contribution in [-0.4, -0.2) is 55.2 Å². The van der Waals surface area contributed by atoms with Gasteiger partial charge < -0.3 is 20.7 Å². The number of amides is 1. The molecule has 0 aliphatic carbocycles. The van der Waals surface area contributed by atoms with E-state index in [1.165, 1.54) is 6.42 Å². The maximum Gasteiger partial charge on any atom is 0.240 e. The summed E-state index contributed by atoms with van der Waals surface area (Å²) in [5.74, 6) is 1.47. The van der Waals surface area contributed by atoms with Gasteiger partial charge in [-0.15, -0.1) is 0 Å². The third-order valence-corrected chi connectivity index (χ3v) is 4.69. The van der Waals surface area contributed by atoms with Gasteiger partial charge in [-0.25, -0.2) is 0 Å².